The van der Waals surface area contributed by atoms with Gasteiger partial charge in [0.2, 0.25) is 0 Å². The van der Waals surface area contributed by atoms with E-state index < -0.39 is 0 Å². The highest BCUT2D eigenvalue weighted by Crippen LogP contribution is 2.27. The van der Waals surface area contributed by atoms with E-state index in [1.807, 2.05) is 18.1 Å². The molecule has 0 spiro atoms. The summed E-state index contributed by atoms with van der Waals surface area (Å²) in [5.74, 6) is 0. The largest absolute Gasteiger partial charge is 0.351 e. The van der Waals surface area contributed by atoms with Crippen LogP contribution < -0.4 is 0 Å². The summed E-state index contributed by atoms with van der Waals surface area (Å²) in [5.41, 5.74) is 4.85. The molecule has 1 nitrogen and oxygen atoms in total. The quantitative estimate of drug-likeness (QED) is 0.580. The predicted molar refractivity (Wildman–Crippen MR) is 57.0 cm³/mol. The minimum atomic E-state index is 1.07. The second-order valence-corrected chi connectivity index (χ2v) is 3.46. The van der Waals surface area contributed by atoms with Crippen molar-refractivity contribution in [1.29, 1.82) is 0 Å². The molecule has 0 aromatic heterocycles. The number of hydrogen-bond acceptors (Lipinski definition) is 1. The minimum Gasteiger partial charge on any atom is -0.351 e. The van der Waals surface area contributed by atoms with Crippen LogP contribution in [0, 0.1) is 6.92 Å². The van der Waals surface area contributed by atoms with E-state index in [-0.39, 0.29) is 0 Å². The number of nitrogens with zero attached hydrogens (tertiary/aromatic N) is 1. The fourth-order valence-electron chi connectivity index (χ4n) is 1.54. The van der Waals surface area contributed by atoms with Crippen LogP contribution in [0.15, 0.2) is 31.0 Å². The van der Waals surface area contributed by atoms with Crippen LogP contribution in [0.4, 0.5) is 0 Å². The Morgan fingerprint density at radius 1 is 1.31 bits per heavy atom. The van der Waals surface area contributed by atoms with E-state index in [1.54, 1.807) is 0 Å². The van der Waals surface area contributed by atoms with Crippen LogP contribution in [-0.2, 0) is 0 Å². The van der Waals surface area contributed by atoms with E-state index in [4.69, 9.17) is 0 Å². The highest BCUT2D eigenvalue weighted by atomic mass is 15.1. The van der Waals surface area contributed by atoms with Crippen molar-refractivity contribution in [3.05, 3.63) is 47.7 Å². The standard InChI is InChI=1S/C12H13N/c1-9-4-5-11-6-7-13(3)10(2)12(11)8-9/h4-8H,2H2,1,3H3. The third kappa shape index (κ3) is 1.26. The zero-order valence-electron chi connectivity index (χ0n) is 8.04. The molecular weight excluding hydrogens is 158 g/mol. The van der Waals surface area contributed by atoms with Gasteiger partial charge in [-0.25, -0.2) is 0 Å². The van der Waals surface area contributed by atoms with Crippen LogP contribution in [0.2, 0.25) is 0 Å². The van der Waals surface area contributed by atoms with Crippen molar-refractivity contribution in [3.63, 3.8) is 0 Å². The maximum Gasteiger partial charge on any atom is 0.0410 e. The van der Waals surface area contributed by atoms with Crippen molar-refractivity contribution in [2.75, 3.05) is 7.05 Å². The zero-order chi connectivity index (χ0) is 9.42. The van der Waals surface area contributed by atoms with Crippen molar-refractivity contribution in [3.8, 4) is 0 Å². The zero-order valence-corrected chi connectivity index (χ0v) is 8.04. The van der Waals surface area contributed by atoms with Gasteiger partial charge in [0.05, 0.1) is 0 Å². The lowest BCUT2D eigenvalue weighted by molar-refractivity contribution is 0.656. The van der Waals surface area contributed by atoms with E-state index in [2.05, 4.69) is 37.8 Å². The Balaban J connectivity index is 2.60. The van der Waals surface area contributed by atoms with Crippen molar-refractivity contribution in [1.82, 2.24) is 4.90 Å². The van der Waals surface area contributed by atoms with Gasteiger partial charge >= 0.3 is 0 Å². The van der Waals surface area contributed by atoms with Crippen molar-refractivity contribution < 1.29 is 0 Å². The molecule has 0 radical (unpaired) electrons. The monoisotopic (exact) mass is 171 g/mol. The molecule has 1 aromatic rings. The third-order valence-electron chi connectivity index (χ3n) is 2.42. The molecule has 1 heteroatoms. The topological polar surface area (TPSA) is 3.24 Å². The van der Waals surface area contributed by atoms with Crippen LogP contribution in [0.1, 0.15) is 16.7 Å². The summed E-state index contributed by atoms with van der Waals surface area (Å²) in [4.78, 5) is 2.04. The predicted octanol–water partition coefficient (Wildman–Crippen LogP) is 2.88. The van der Waals surface area contributed by atoms with E-state index in [1.165, 1.54) is 16.7 Å². The first-order valence-corrected chi connectivity index (χ1v) is 4.39. The molecule has 2 rings (SSSR count). The smallest absolute Gasteiger partial charge is 0.0410 e. The highest BCUT2D eigenvalue weighted by molar-refractivity contribution is 5.76. The molecule has 0 saturated heterocycles. The van der Waals surface area contributed by atoms with Crippen LogP contribution in [0.3, 0.4) is 0 Å². The summed E-state index contributed by atoms with van der Waals surface area (Å²) < 4.78 is 0. The molecule has 1 aromatic carbocycles. The molecule has 1 aliphatic rings. The number of benzene rings is 1. The molecule has 1 aliphatic heterocycles. The molecule has 13 heavy (non-hydrogen) atoms. The Hall–Kier alpha value is -1.50. The second kappa shape index (κ2) is 2.77. The minimum absolute atomic E-state index is 1.07. The van der Waals surface area contributed by atoms with E-state index in [0.29, 0.717) is 0 Å². The molecule has 66 valence electrons. The van der Waals surface area contributed by atoms with Gasteiger partial charge in [0.1, 0.15) is 0 Å². The van der Waals surface area contributed by atoms with Gasteiger partial charge < -0.3 is 4.90 Å². The Morgan fingerprint density at radius 3 is 2.85 bits per heavy atom. The average Bonchev–Trinajstić information content (AvgIpc) is 2.12. The molecule has 0 amide bonds. The molecule has 1 heterocycles. The van der Waals surface area contributed by atoms with Crippen molar-refractivity contribution in [2.24, 2.45) is 0 Å². The fraction of sp³-hybridized carbons (Fsp3) is 0.167. The lowest BCUT2D eigenvalue weighted by Crippen LogP contribution is -2.12. The Kier molecular flexibility index (Phi) is 1.73. The molecule has 0 unspecified atom stereocenters. The second-order valence-electron chi connectivity index (χ2n) is 3.46. The molecule has 0 saturated carbocycles. The van der Waals surface area contributed by atoms with Crippen LogP contribution in [0.25, 0.3) is 11.8 Å². The van der Waals surface area contributed by atoms with Gasteiger partial charge in [-0.3, -0.25) is 0 Å². The third-order valence-corrected chi connectivity index (χ3v) is 2.42. The Bertz CT molecular complexity index is 388. The molecular formula is C12H13N. The summed E-state index contributed by atoms with van der Waals surface area (Å²) in [6.45, 7) is 6.16. The first-order chi connectivity index (χ1) is 6.18. The first kappa shape index (κ1) is 8.11. The van der Waals surface area contributed by atoms with Gasteiger partial charge in [-0.05, 0) is 24.6 Å². The van der Waals surface area contributed by atoms with E-state index in [9.17, 15) is 0 Å². The van der Waals surface area contributed by atoms with Gasteiger partial charge in [0, 0.05) is 24.5 Å². The normalized spacial score (nSPS) is 14.6. The Morgan fingerprint density at radius 2 is 2.08 bits per heavy atom. The van der Waals surface area contributed by atoms with E-state index >= 15 is 0 Å². The SMILES string of the molecule is C=C1c2cc(C)ccc2C=CN1C. The Labute approximate surface area is 79.0 Å². The lowest BCUT2D eigenvalue weighted by atomic mass is 9.99. The number of hydrogen-bond donors (Lipinski definition) is 0. The van der Waals surface area contributed by atoms with Crippen molar-refractivity contribution in [2.45, 2.75) is 6.92 Å². The van der Waals surface area contributed by atoms with Gasteiger partial charge in [-0.1, -0.05) is 24.3 Å². The maximum absolute atomic E-state index is 4.05. The summed E-state index contributed by atoms with van der Waals surface area (Å²) in [6.07, 6.45) is 4.16. The number of rotatable bonds is 0. The van der Waals surface area contributed by atoms with Gasteiger partial charge in [-0.15, -0.1) is 0 Å². The number of aryl methyl sites for hydroxylation is 1. The molecule has 0 aliphatic carbocycles. The summed E-state index contributed by atoms with van der Waals surface area (Å²) in [5, 5.41) is 0. The van der Waals surface area contributed by atoms with Crippen LogP contribution in [-0.4, -0.2) is 11.9 Å². The summed E-state index contributed by atoms with van der Waals surface area (Å²) in [7, 11) is 2.02. The van der Waals surface area contributed by atoms with Crippen molar-refractivity contribution >= 4 is 11.8 Å². The molecule has 0 bridgehead atoms. The van der Waals surface area contributed by atoms with E-state index in [0.717, 1.165) is 5.70 Å². The molecule has 0 N–H and O–H groups in total. The molecule has 0 atom stereocenters. The summed E-state index contributed by atoms with van der Waals surface area (Å²) >= 11 is 0. The fourth-order valence-corrected chi connectivity index (χ4v) is 1.54. The van der Waals surface area contributed by atoms with Gasteiger partial charge in [0.25, 0.3) is 0 Å². The highest BCUT2D eigenvalue weighted by Gasteiger charge is 2.11. The van der Waals surface area contributed by atoms with Crippen LogP contribution in [0.5, 0.6) is 0 Å². The molecule has 0 fully saturated rings. The lowest BCUT2D eigenvalue weighted by Gasteiger charge is -2.23. The first-order valence-electron chi connectivity index (χ1n) is 4.39. The number of fused-ring (bicyclic) bond motifs is 1. The summed E-state index contributed by atoms with van der Waals surface area (Å²) in [6, 6.07) is 6.44. The average molecular weight is 171 g/mol. The van der Waals surface area contributed by atoms with Gasteiger partial charge in [-0.2, -0.15) is 0 Å². The van der Waals surface area contributed by atoms with Gasteiger partial charge in [0.15, 0.2) is 0 Å². The van der Waals surface area contributed by atoms with Crippen LogP contribution >= 0.6 is 0 Å². The maximum atomic E-state index is 4.05.